The topological polar surface area (TPSA) is 29.1 Å². The van der Waals surface area contributed by atoms with E-state index in [4.69, 9.17) is 0 Å². The fourth-order valence-corrected chi connectivity index (χ4v) is 2.49. The maximum Gasteiger partial charge on any atom is 0.162 e. The Hall–Kier alpha value is -1.93. The SMILES string of the molecule is O=C(CCCCCCNCc1ccccc1)c1ccccc1. The largest absolute Gasteiger partial charge is 0.313 e. The zero-order chi connectivity index (χ0) is 15.5. The van der Waals surface area contributed by atoms with E-state index in [9.17, 15) is 4.79 Å². The molecule has 0 atom stereocenters. The van der Waals surface area contributed by atoms with Gasteiger partial charge in [-0.15, -0.1) is 0 Å². The van der Waals surface area contributed by atoms with E-state index in [0.29, 0.717) is 6.42 Å². The molecule has 0 amide bonds. The van der Waals surface area contributed by atoms with E-state index in [1.165, 1.54) is 18.4 Å². The van der Waals surface area contributed by atoms with Crippen LogP contribution in [0.4, 0.5) is 0 Å². The summed E-state index contributed by atoms with van der Waals surface area (Å²) in [4.78, 5) is 11.9. The minimum absolute atomic E-state index is 0.266. The van der Waals surface area contributed by atoms with Crippen molar-refractivity contribution in [3.63, 3.8) is 0 Å². The Labute approximate surface area is 133 Å². The molecule has 22 heavy (non-hydrogen) atoms. The molecular formula is C20H25NO. The molecule has 0 unspecified atom stereocenters. The lowest BCUT2D eigenvalue weighted by atomic mass is 10.0. The predicted molar refractivity (Wildman–Crippen MR) is 92.0 cm³/mol. The van der Waals surface area contributed by atoms with Gasteiger partial charge in [-0.25, -0.2) is 0 Å². The van der Waals surface area contributed by atoms with Crippen LogP contribution in [0, 0.1) is 0 Å². The number of Topliss-reactive ketones (excluding diaryl/α,β-unsaturated/α-hetero) is 1. The summed E-state index contributed by atoms with van der Waals surface area (Å²) in [5.74, 6) is 0.266. The van der Waals surface area contributed by atoms with Crippen LogP contribution in [0.1, 0.15) is 48.0 Å². The highest BCUT2D eigenvalue weighted by atomic mass is 16.1. The van der Waals surface area contributed by atoms with Crippen molar-refractivity contribution in [2.45, 2.75) is 38.6 Å². The summed E-state index contributed by atoms with van der Waals surface area (Å²) in [6.45, 7) is 1.98. The summed E-state index contributed by atoms with van der Waals surface area (Å²) >= 11 is 0. The highest BCUT2D eigenvalue weighted by Crippen LogP contribution is 2.09. The Morgan fingerprint density at radius 1 is 0.773 bits per heavy atom. The second-order valence-corrected chi connectivity index (χ2v) is 5.62. The van der Waals surface area contributed by atoms with E-state index >= 15 is 0 Å². The van der Waals surface area contributed by atoms with Crippen molar-refractivity contribution < 1.29 is 4.79 Å². The molecule has 2 rings (SSSR count). The fourth-order valence-electron chi connectivity index (χ4n) is 2.49. The van der Waals surface area contributed by atoms with E-state index in [1.807, 2.05) is 36.4 Å². The van der Waals surface area contributed by atoms with Crippen LogP contribution in [-0.4, -0.2) is 12.3 Å². The fraction of sp³-hybridized carbons (Fsp3) is 0.350. The molecule has 0 aromatic heterocycles. The van der Waals surface area contributed by atoms with Crippen molar-refractivity contribution in [2.24, 2.45) is 0 Å². The molecular weight excluding hydrogens is 270 g/mol. The number of rotatable bonds is 10. The Balaban J connectivity index is 1.47. The molecule has 116 valence electrons. The van der Waals surface area contributed by atoms with Gasteiger partial charge in [-0.05, 0) is 24.9 Å². The van der Waals surface area contributed by atoms with Gasteiger partial charge in [0.05, 0.1) is 0 Å². The molecule has 0 bridgehead atoms. The standard InChI is InChI=1S/C20H25NO/c22-20(19-13-7-4-8-14-19)15-9-1-2-10-16-21-17-18-11-5-3-6-12-18/h3-8,11-14,21H,1-2,9-10,15-17H2. The van der Waals surface area contributed by atoms with Crippen molar-refractivity contribution in [3.8, 4) is 0 Å². The Kier molecular flexibility index (Phi) is 7.40. The summed E-state index contributed by atoms with van der Waals surface area (Å²) in [7, 11) is 0. The number of hydrogen-bond donors (Lipinski definition) is 1. The number of hydrogen-bond acceptors (Lipinski definition) is 2. The Morgan fingerprint density at radius 2 is 1.41 bits per heavy atom. The van der Waals surface area contributed by atoms with Gasteiger partial charge in [0.25, 0.3) is 0 Å². The highest BCUT2D eigenvalue weighted by molar-refractivity contribution is 5.95. The van der Waals surface area contributed by atoms with Gasteiger partial charge < -0.3 is 5.32 Å². The van der Waals surface area contributed by atoms with Crippen molar-refractivity contribution >= 4 is 5.78 Å². The highest BCUT2D eigenvalue weighted by Gasteiger charge is 2.03. The van der Waals surface area contributed by atoms with E-state index in [2.05, 4.69) is 29.6 Å². The van der Waals surface area contributed by atoms with Gasteiger partial charge in [0.15, 0.2) is 5.78 Å². The first-order chi connectivity index (χ1) is 10.9. The van der Waals surface area contributed by atoms with Gasteiger partial charge in [0, 0.05) is 18.5 Å². The molecule has 0 fully saturated rings. The van der Waals surface area contributed by atoms with Crippen LogP contribution < -0.4 is 5.32 Å². The van der Waals surface area contributed by atoms with Crippen molar-refractivity contribution in [1.29, 1.82) is 0 Å². The number of carbonyl (C=O) groups excluding carboxylic acids is 1. The third-order valence-electron chi connectivity index (χ3n) is 3.78. The van der Waals surface area contributed by atoms with Gasteiger partial charge in [0.1, 0.15) is 0 Å². The molecule has 2 aromatic rings. The number of benzene rings is 2. The van der Waals surface area contributed by atoms with Gasteiger partial charge in [-0.1, -0.05) is 73.5 Å². The van der Waals surface area contributed by atoms with Gasteiger partial charge >= 0.3 is 0 Å². The minimum Gasteiger partial charge on any atom is -0.313 e. The zero-order valence-electron chi connectivity index (χ0n) is 13.1. The second kappa shape index (κ2) is 9.91. The van der Waals surface area contributed by atoms with E-state index in [1.54, 1.807) is 0 Å². The lowest BCUT2D eigenvalue weighted by Crippen LogP contribution is -2.14. The molecule has 2 nitrogen and oxygen atoms in total. The van der Waals surface area contributed by atoms with E-state index in [-0.39, 0.29) is 5.78 Å². The Morgan fingerprint density at radius 3 is 2.14 bits per heavy atom. The molecule has 0 heterocycles. The molecule has 0 saturated heterocycles. The normalized spacial score (nSPS) is 10.5. The summed E-state index contributed by atoms with van der Waals surface area (Å²) in [6.07, 6.45) is 5.15. The molecule has 0 aliphatic heterocycles. The quantitative estimate of drug-likeness (QED) is 0.512. The lowest BCUT2D eigenvalue weighted by Gasteiger charge is -2.05. The van der Waals surface area contributed by atoms with E-state index in [0.717, 1.165) is 31.5 Å². The average molecular weight is 295 g/mol. The summed E-state index contributed by atoms with van der Waals surface area (Å²) in [5.41, 5.74) is 2.17. The van der Waals surface area contributed by atoms with Crippen LogP contribution >= 0.6 is 0 Å². The predicted octanol–water partition coefficient (Wildman–Crippen LogP) is 4.61. The third kappa shape index (κ3) is 6.23. The third-order valence-corrected chi connectivity index (χ3v) is 3.78. The molecule has 1 N–H and O–H groups in total. The van der Waals surface area contributed by atoms with E-state index < -0.39 is 0 Å². The van der Waals surface area contributed by atoms with Gasteiger partial charge in [-0.2, -0.15) is 0 Å². The number of unbranched alkanes of at least 4 members (excludes halogenated alkanes) is 3. The van der Waals surface area contributed by atoms with Gasteiger partial charge in [0.2, 0.25) is 0 Å². The van der Waals surface area contributed by atoms with Crippen LogP contribution in [0.3, 0.4) is 0 Å². The number of ketones is 1. The molecule has 2 aromatic carbocycles. The summed E-state index contributed by atoms with van der Waals surface area (Å²) in [6, 6.07) is 20.0. The maximum absolute atomic E-state index is 11.9. The second-order valence-electron chi connectivity index (χ2n) is 5.62. The number of nitrogens with one attached hydrogen (secondary N) is 1. The van der Waals surface area contributed by atoms with Crippen molar-refractivity contribution in [2.75, 3.05) is 6.54 Å². The van der Waals surface area contributed by atoms with Crippen LogP contribution in [0.2, 0.25) is 0 Å². The van der Waals surface area contributed by atoms with Crippen molar-refractivity contribution in [3.05, 3.63) is 71.8 Å². The molecule has 0 spiro atoms. The monoisotopic (exact) mass is 295 g/mol. The maximum atomic E-state index is 11.9. The van der Waals surface area contributed by atoms with Crippen LogP contribution in [0.15, 0.2) is 60.7 Å². The number of carbonyl (C=O) groups is 1. The van der Waals surface area contributed by atoms with Crippen LogP contribution in [0.5, 0.6) is 0 Å². The summed E-state index contributed by atoms with van der Waals surface area (Å²) in [5, 5.41) is 3.46. The van der Waals surface area contributed by atoms with Crippen LogP contribution in [-0.2, 0) is 6.54 Å². The molecule has 0 aliphatic carbocycles. The van der Waals surface area contributed by atoms with Gasteiger partial charge in [-0.3, -0.25) is 4.79 Å². The molecule has 0 aliphatic rings. The zero-order valence-corrected chi connectivity index (χ0v) is 13.1. The molecule has 2 heteroatoms. The first-order valence-electron chi connectivity index (χ1n) is 8.19. The minimum atomic E-state index is 0.266. The smallest absolute Gasteiger partial charge is 0.162 e. The molecule has 0 saturated carbocycles. The first-order valence-corrected chi connectivity index (χ1v) is 8.19. The lowest BCUT2D eigenvalue weighted by molar-refractivity contribution is 0.0979. The van der Waals surface area contributed by atoms with Crippen LogP contribution in [0.25, 0.3) is 0 Å². The average Bonchev–Trinajstić information content (AvgIpc) is 2.59. The summed E-state index contributed by atoms with van der Waals surface area (Å²) < 4.78 is 0. The van der Waals surface area contributed by atoms with Crippen molar-refractivity contribution in [1.82, 2.24) is 5.32 Å². The first kappa shape index (κ1) is 16.4. The Bertz CT molecular complexity index is 536. The molecule has 0 radical (unpaired) electrons.